The van der Waals surface area contributed by atoms with E-state index in [0.29, 0.717) is 0 Å². The van der Waals surface area contributed by atoms with E-state index in [9.17, 15) is 13.2 Å². The second-order valence-corrected chi connectivity index (χ2v) is 5.70. The van der Waals surface area contributed by atoms with E-state index in [4.69, 9.17) is 11.5 Å². The van der Waals surface area contributed by atoms with E-state index in [-0.39, 0.29) is 24.6 Å². The molecule has 14 heavy (non-hydrogen) atoms. The summed E-state index contributed by atoms with van der Waals surface area (Å²) in [4.78, 5) is 10.9. The average Bonchev–Trinajstić information content (AvgIpc) is 2.02. The van der Waals surface area contributed by atoms with Gasteiger partial charge in [0, 0.05) is 0 Å². The molecule has 0 saturated carbocycles. The van der Waals surface area contributed by atoms with Crippen molar-refractivity contribution in [3.8, 4) is 0 Å². The van der Waals surface area contributed by atoms with E-state index >= 15 is 0 Å². The van der Waals surface area contributed by atoms with Crippen molar-refractivity contribution >= 4 is 15.7 Å². The number of nitrogens with two attached hydrogens (primary N) is 2. The molecule has 0 aromatic carbocycles. The summed E-state index contributed by atoms with van der Waals surface area (Å²) >= 11 is 0. The zero-order chi connectivity index (χ0) is 11.4. The third kappa shape index (κ3) is 3.63. The van der Waals surface area contributed by atoms with Gasteiger partial charge in [-0.25, -0.2) is 8.42 Å². The minimum absolute atomic E-state index is 0.0784. The Bertz CT molecular complexity index is 287. The van der Waals surface area contributed by atoms with E-state index in [2.05, 4.69) is 0 Å². The van der Waals surface area contributed by atoms with Crippen molar-refractivity contribution < 1.29 is 13.2 Å². The van der Waals surface area contributed by atoms with E-state index in [1.165, 1.54) is 0 Å². The Morgan fingerprint density at radius 3 is 2.21 bits per heavy atom. The Kier molecular flexibility index (Phi) is 5.07. The molecule has 1 amide bonds. The first-order valence-electron chi connectivity index (χ1n) is 4.56. The van der Waals surface area contributed by atoms with Gasteiger partial charge in [0.25, 0.3) is 0 Å². The van der Waals surface area contributed by atoms with Gasteiger partial charge in [-0.3, -0.25) is 4.79 Å². The third-order valence-corrected chi connectivity index (χ3v) is 4.51. The molecule has 6 heteroatoms. The predicted molar refractivity (Wildman–Crippen MR) is 55.3 cm³/mol. The lowest BCUT2D eigenvalue weighted by Crippen LogP contribution is -2.38. The monoisotopic (exact) mass is 222 g/mol. The summed E-state index contributed by atoms with van der Waals surface area (Å²) in [7, 11) is -3.44. The van der Waals surface area contributed by atoms with Crippen molar-refractivity contribution in [3.05, 3.63) is 0 Å². The Labute approximate surface area is 84.8 Å². The highest BCUT2D eigenvalue weighted by Crippen LogP contribution is 2.10. The Morgan fingerprint density at radius 1 is 1.43 bits per heavy atom. The maximum Gasteiger partial charge on any atom is 0.235 e. The summed E-state index contributed by atoms with van der Waals surface area (Å²) in [5.41, 5.74) is 10.3. The molecule has 0 saturated heterocycles. The smallest absolute Gasteiger partial charge is 0.235 e. The van der Waals surface area contributed by atoms with Crippen LogP contribution in [-0.4, -0.2) is 31.9 Å². The molecular weight excluding hydrogens is 204 g/mol. The summed E-state index contributed by atoms with van der Waals surface area (Å²) in [6.07, 6.45) is 0.217. The van der Waals surface area contributed by atoms with Gasteiger partial charge < -0.3 is 11.5 Å². The molecule has 0 radical (unpaired) electrons. The van der Waals surface area contributed by atoms with Crippen molar-refractivity contribution in [1.82, 2.24) is 0 Å². The zero-order valence-corrected chi connectivity index (χ0v) is 9.38. The lowest BCUT2D eigenvalue weighted by Gasteiger charge is -2.15. The van der Waals surface area contributed by atoms with E-state index in [0.717, 1.165) is 0 Å². The summed E-state index contributed by atoms with van der Waals surface area (Å²) in [6.45, 7) is 3.64. The van der Waals surface area contributed by atoms with Crippen LogP contribution in [0.4, 0.5) is 0 Å². The maximum absolute atomic E-state index is 11.6. The molecule has 0 bridgehead atoms. The van der Waals surface area contributed by atoms with Crippen LogP contribution in [0.5, 0.6) is 0 Å². The molecule has 0 aliphatic rings. The highest BCUT2D eigenvalue weighted by molar-refractivity contribution is 7.92. The molecule has 0 fully saturated rings. The van der Waals surface area contributed by atoms with Gasteiger partial charge in [-0.05, 0) is 18.9 Å². The molecule has 0 aromatic heterocycles. The van der Waals surface area contributed by atoms with Crippen molar-refractivity contribution in [2.45, 2.75) is 25.5 Å². The number of sulfone groups is 1. The Hall–Kier alpha value is -0.620. The van der Waals surface area contributed by atoms with Gasteiger partial charge in [0.15, 0.2) is 9.84 Å². The Morgan fingerprint density at radius 2 is 1.93 bits per heavy atom. The van der Waals surface area contributed by atoms with Crippen LogP contribution >= 0.6 is 0 Å². The molecule has 0 spiro atoms. The standard InChI is InChI=1S/C8H18N2O3S/c1-3-7(8(10)11)14(12,13)5-6(2)4-9/h6-7H,3-5,9H2,1-2H3,(H2,10,11). The maximum atomic E-state index is 11.6. The van der Waals surface area contributed by atoms with E-state index in [1.807, 2.05) is 0 Å². The first-order chi connectivity index (χ1) is 6.35. The highest BCUT2D eigenvalue weighted by atomic mass is 32.2. The summed E-state index contributed by atoms with van der Waals surface area (Å²) in [5.74, 6) is -1.00. The van der Waals surface area contributed by atoms with E-state index < -0.39 is 21.0 Å². The summed E-state index contributed by atoms with van der Waals surface area (Å²) in [5, 5.41) is -1.07. The second-order valence-electron chi connectivity index (χ2n) is 3.47. The first kappa shape index (κ1) is 13.4. The molecule has 2 atom stereocenters. The van der Waals surface area contributed by atoms with Crippen LogP contribution < -0.4 is 11.5 Å². The topological polar surface area (TPSA) is 103 Å². The van der Waals surface area contributed by atoms with Gasteiger partial charge in [-0.15, -0.1) is 0 Å². The van der Waals surface area contributed by atoms with Crippen LogP contribution in [0.1, 0.15) is 20.3 Å². The van der Waals surface area contributed by atoms with Gasteiger partial charge in [0.2, 0.25) is 5.91 Å². The lowest BCUT2D eigenvalue weighted by molar-refractivity contribution is -0.117. The van der Waals surface area contributed by atoms with Gasteiger partial charge in [0.05, 0.1) is 5.75 Å². The van der Waals surface area contributed by atoms with Crippen LogP contribution in [0.25, 0.3) is 0 Å². The van der Waals surface area contributed by atoms with E-state index in [1.54, 1.807) is 13.8 Å². The summed E-state index contributed by atoms with van der Waals surface area (Å²) in [6, 6.07) is 0. The highest BCUT2D eigenvalue weighted by Gasteiger charge is 2.29. The number of carbonyl (C=O) groups excluding carboxylic acids is 1. The van der Waals surface area contributed by atoms with Crippen molar-refractivity contribution in [1.29, 1.82) is 0 Å². The molecule has 0 rings (SSSR count). The van der Waals surface area contributed by atoms with Gasteiger partial charge in [-0.1, -0.05) is 13.8 Å². The van der Waals surface area contributed by atoms with Crippen LogP contribution in [-0.2, 0) is 14.6 Å². The molecule has 0 heterocycles. The lowest BCUT2D eigenvalue weighted by atomic mass is 10.2. The molecule has 0 aliphatic heterocycles. The van der Waals surface area contributed by atoms with Crippen molar-refractivity contribution in [2.24, 2.45) is 17.4 Å². The molecule has 84 valence electrons. The second kappa shape index (κ2) is 5.31. The largest absolute Gasteiger partial charge is 0.369 e. The normalized spacial score (nSPS) is 16.2. The number of hydrogen-bond acceptors (Lipinski definition) is 4. The first-order valence-corrected chi connectivity index (χ1v) is 6.27. The quantitative estimate of drug-likeness (QED) is 0.617. The number of primary amides is 1. The van der Waals surface area contributed by atoms with Crippen LogP contribution in [0, 0.1) is 5.92 Å². The molecular formula is C8H18N2O3S. The van der Waals surface area contributed by atoms with Gasteiger partial charge in [-0.2, -0.15) is 0 Å². The number of rotatable bonds is 6. The van der Waals surface area contributed by atoms with Crippen LogP contribution in [0.3, 0.4) is 0 Å². The molecule has 0 aliphatic carbocycles. The van der Waals surface area contributed by atoms with Crippen LogP contribution in [0.2, 0.25) is 0 Å². The fourth-order valence-electron chi connectivity index (χ4n) is 1.21. The fraction of sp³-hybridized carbons (Fsp3) is 0.875. The third-order valence-electron chi connectivity index (χ3n) is 2.04. The van der Waals surface area contributed by atoms with Gasteiger partial charge >= 0.3 is 0 Å². The van der Waals surface area contributed by atoms with Gasteiger partial charge in [0.1, 0.15) is 5.25 Å². The van der Waals surface area contributed by atoms with Crippen molar-refractivity contribution in [2.75, 3.05) is 12.3 Å². The average molecular weight is 222 g/mol. The minimum atomic E-state index is -3.44. The number of carbonyl (C=O) groups is 1. The zero-order valence-electron chi connectivity index (χ0n) is 8.56. The molecule has 0 aromatic rings. The molecule has 2 unspecified atom stereocenters. The number of hydrogen-bond donors (Lipinski definition) is 2. The predicted octanol–water partition coefficient (Wildman–Crippen LogP) is -0.740. The fourth-order valence-corrected chi connectivity index (χ4v) is 3.24. The summed E-state index contributed by atoms with van der Waals surface area (Å²) < 4.78 is 23.2. The Balaban J connectivity index is 4.67. The molecule has 4 N–H and O–H groups in total. The van der Waals surface area contributed by atoms with Crippen LogP contribution in [0.15, 0.2) is 0 Å². The number of amides is 1. The SMILES string of the molecule is CCC(C(N)=O)S(=O)(=O)CC(C)CN. The van der Waals surface area contributed by atoms with Crippen molar-refractivity contribution in [3.63, 3.8) is 0 Å². The molecule has 5 nitrogen and oxygen atoms in total. The minimum Gasteiger partial charge on any atom is -0.369 e.